The number of nitrogens with zero attached hydrogens (tertiary/aromatic N) is 2. The van der Waals surface area contributed by atoms with E-state index in [2.05, 4.69) is 69.8 Å². The van der Waals surface area contributed by atoms with Gasteiger partial charge in [-0.3, -0.25) is 9.59 Å². The third-order valence-electron chi connectivity index (χ3n) is 20.6. The number of fused-ring (bicyclic) bond motifs is 6. The van der Waals surface area contributed by atoms with Gasteiger partial charge in [-0.15, -0.1) is 26.3 Å². The van der Waals surface area contributed by atoms with E-state index in [0.717, 1.165) is 85.6 Å². The van der Waals surface area contributed by atoms with Gasteiger partial charge in [0.1, 0.15) is 11.5 Å². The number of allylic oxidation sites excluding steroid dienone is 2. The van der Waals surface area contributed by atoms with Gasteiger partial charge in [0, 0.05) is 58.2 Å². The van der Waals surface area contributed by atoms with Crippen LogP contribution in [0.5, 0.6) is 11.5 Å². The lowest BCUT2D eigenvalue weighted by atomic mass is 9.68. The number of halogens is 2. The van der Waals surface area contributed by atoms with Gasteiger partial charge in [0.2, 0.25) is 20.0 Å². The van der Waals surface area contributed by atoms with Crippen molar-refractivity contribution in [2.75, 3.05) is 60.7 Å². The smallest absolute Gasteiger partial charge is 0.264 e. The molecule has 4 aromatic carbocycles. The Morgan fingerprint density at radius 2 is 1.00 bits per heavy atom. The van der Waals surface area contributed by atoms with Crippen LogP contribution in [0.4, 0.5) is 11.4 Å². The lowest BCUT2D eigenvalue weighted by Crippen LogP contribution is -2.49. The molecule has 0 radical (unpaired) electrons. The molecule has 2 heterocycles. The monoisotopic (exact) mass is 1280 g/mol. The van der Waals surface area contributed by atoms with Crippen molar-refractivity contribution in [1.29, 1.82) is 0 Å². The van der Waals surface area contributed by atoms with Crippen molar-refractivity contribution in [2.45, 2.75) is 129 Å². The van der Waals surface area contributed by atoms with Crippen molar-refractivity contribution in [2.24, 2.45) is 46.3 Å². The fourth-order valence-corrected chi connectivity index (χ4v) is 18.1. The van der Waals surface area contributed by atoms with Gasteiger partial charge in [0.05, 0.1) is 48.3 Å². The molecule has 0 unspecified atom stereocenters. The Balaban J connectivity index is 0.000000209. The first-order valence-corrected chi connectivity index (χ1v) is 35.2. The zero-order valence-corrected chi connectivity index (χ0v) is 55.2. The lowest BCUT2D eigenvalue weighted by molar-refractivity contribution is 0.0458. The summed E-state index contributed by atoms with van der Waals surface area (Å²) in [7, 11) is -7.83. The highest BCUT2D eigenvalue weighted by Gasteiger charge is 2.47. The number of hydrogen-bond donors (Lipinski definition) is 4. The number of sulfonamides is 2. The van der Waals surface area contributed by atoms with E-state index >= 15 is 0 Å². The lowest BCUT2D eigenvalue weighted by Gasteiger charge is -2.45. The molecule has 0 saturated heterocycles. The van der Waals surface area contributed by atoms with Crippen LogP contribution in [0.25, 0.3) is 0 Å². The summed E-state index contributed by atoms with van der Waals surface area (Å²) in [5, 5.41) is 22.6. The average Bonchev–Trinajstić information content (AvgIpc) is 1.51. The highest BCUT2D eigenvalue weighted by molar-refractivity contribution is 7.90. The Morgan fingerprint density at radius 1 is 0.614 bits per heavy atom. The number of anilines is 2. The predicted molar refractivity (Wildman–Crippen MR) is 354 cm³/mol. The maximum Gasteiger partial charge on any atom is 0.264 e. The summed E-state index contributed by atoms with van der Waals surface area (Å²) in [6.45, 7) is 30.1. The molecule has 0 bridgehead atoms. The van der Waals surface area contributed by atoms with Crippen LogP contribution in [0, 0.1) is 46.3 Å². The standard InChI is InChI=1S/2C35H45ClN2O5S/c2*1-6-23(3)34(4,5)22-44(41,42)37-33(40)25-11-15-32-30(18-25)38(19-26-10-13-28(26)31(39)7-2)20-35(21-43-32)16-8-9-24-17-27(36)12-14-29(24)35/h2*6-7,11-12,14-15,17-18,23,26,28,31,39H,1-2,8-10,13,16,19-22H2,3-5H3,(H,37,40)/t23-,26+,28-,31+,35+;23-,26-,28+,31-,35-/m10/s1. The fourth-order valence-electron chi connectivity index (χ4n) is 14.3. The highest BCUT2D eigenvalue weighted by atomic mass is 35.5. The number of nitrogens with one attached hydrogen (secondary N) is 2. The van der Waals surface area contributed by atoms with Crippen molar-refractivity contribution in [3.05, 3.63) is 167 Å². The molecule has 4 N–H and O–H groups in total. The summed E-state index contributed by atoms with van der Waals surface area (Å²) in [5.41, 5.74) is 5.19. The Bertz CT molecular complexity index is 3310. The fraction of sp³-hybridized carbons (Fsp3) is 0.514. The number of carbonyl (C=O) groups excluding carboxylic acids is 2. The molecule has 2 amide bonds. The van der Waals surface area contributed by atoms with Crippen LogP contribution >= 0.6 is 23.2 Å². The third kappa shape index (κ3) is 14.6. The highest BCUT2D eigenvalue weighted by Crippen LogP contribution is 2.49. The summed E-state index contributed by atoms with van der Waals surface area (Å²) in [4.78, 5) is 31.4. The van der Waals surface area contributed by atoms with E-state index in [-0.39, 0.29) is 69.0 Å². The Morgan fingerprint density at radius 3 is 1.34 bits per heavy atom. The number of aryl methyl sites for hydroxylation is 2. The second-order valence-electron chi connectivity index (χ2n) is 27.4. The molecule has 88 heavy (non-hydrogen) atoms. The van der Waals surface area contributed by atoms with E-state index in [9.17, 15) is 36.6 Å². The van der Waals surface area contributed by atoms with Crippen LogP contribution in [0.1, 0.15) is 136 Å². The van der Waals surface area contributed by atoms with Crippen molar-refractivity contribution in [3.8, 4) is 11.5 Å². The van der Waals surface area contributed by atoms with E-state index in [0.29, 0.717) is 50.9 Å². The molecule has 2 aliphatic heterocycles. The van der Waals surface area contributed by atoms with Gasteiger partial charge >= 0.3 is 0 Å². The molecule has 4 aliphatic carbocycles. The molecule has 10 rings (SSSR count). The minimum absolute atomic E-state index is 0.0596. The van der Waals surface area contributed by atoms with Crippen LogP contribution < -0.4 is 28.7 Å². The number of rotatable bonds is 20. The number of carbonyl (C=O) groups is 2. The molecule has 476 valence electrons. The van der Waals surface area contributed by atoms with Crippen molar-refractivity contribution in [3.63, 3.8) is 0 Å². The van der Waals surface area contributed by atoms with Gasteiger partial charge in [-0.25, -0.2) is 26.3 Å². The molecule has 4 aromatic rings. The Kier molecular flexibility index (Phi) is 20.3. The van der Waals surface area contributed by atoms with Gasteiger partial charge in [0.25, 0.3) is 11.8 Å². The quantitative estimate of drug-likeness (QED) is 0.0613. The molecule has 14 nitrogen and oxygen atoms in total. The van der Waals surface area contributed by atoms with Gasteiger partial charge in [-0.1, -0.05) is 101 Å². The normalized spacial score (nSPS) is 24.5. The molecule has 2 spiro atoms. The van der Waals surface area contributed by atoms with E-state index in [1.807, 2.05) is 53.7 Å². The predicted octanol–water partition coefficient (Wildman–Crippen LogP) is 12.6. The SMILES string of the molecule is C=C[C@@H](C)C(C)(C)CS(=O)(=O)NC(=O)c1ccc2c(c1)N(C[C@@H]1CC[C@H]1[C@@H](O)C=C)C[C@@]1(CCCc3cc(Cl)ccc31)CO2.C=C[C@H](O)[C@@H]1CC[C@H]1CN1C[C@@]2(CCCc3cc(Cl)ccc32)COc2ccc(C(=O)NS(=O)(=O)CC(C)(C)[C@@H](C)C=C)cc21. The molecule has 0 aromatic heterocycles. The number of amides is 2. The molecule has 18 heteroatoms. The average molecular weight is 1280 g/mol. The maximum atomic E-state index is 13.4. The Labute approximate surface area is 532 Å². The number of aliphatic hydroxyl groups is 2. The van der Waals surface area contributed by atoms with Crippen LogP contribution in [0.15, 0.2) is 123 Å². The van der Waals surface area contributed by atoms with E-state index in [1.165, 1.54) is 22.3 Å². The third-order valence-corrected chi connectivity index (χ3v) is 24.3. The second-order valence-corrected chi connectivity index (χ2v) is 31.8. The van der Waals surface area contributed by atoms with Crippen LogP contribution in [-0.4, -0.2) is 102 Å². The van der Waals surface area contributed by atoms with Crippen molar-refractivity contribution in [1.82, 2.24) is 9.44 Å². The molecular formula is C70H90Cl2N4O10S2. The number of ether oxygens (including phenoxy) is 2. The van der Waals surface area contributed by atoms with E-state index < -0.39 is 54.9 Å². The summed E-state index contributed by atoms with van der Waals surface area (Å²) in [6, 6.07) is 22.5. The molecule has 2 fully saturated rings. The zero-order chi connectivity index (χ0) is 63.7. The van der Waals surface area contributed by atoms with Gasteiger partial charge in [-0.2, -0.15) is 0 Å². The minimum Gasteiger partial charge on any atom is -0.490 e. The van der Waals surface area contributed by atoms with E-state index in [4.69, 9.17) is 32.7 Å². The first-order chi connectivity index (χ1) is 41.5. The summed E-state index contributed by atoms with van der Waals surface area (Å²) < 4.78 is 70.0. The first-order valence-electron chi connectivity index (χ1n) is 31.1. The van der Waals surface area contributed by atoms with Gasteiger partial charge in [0.15, 0.2) is 0 Å². The largest absolute Gasteiger partial charge is 0.490 e. The van der Waals surface area contributed by atoms with Crippen molar-refractivity contribution < 1.29 is 46.1 Å². The number of benzene rings is 4. The molecule has 10 atom stereocenters. The minimum atomic E-state index is -3.92. The van der Waals surface area contributed by atoms with Crippen LogP contribution in [-0.2, 0) is 43.7 Å². The summed E-state index contributed by atoms with van der Waals surface area (Å²) in [6.07, 6.45) is 15.2. The topological polar surface area (TPSA) is 192 Å². The second kappa shape index (κ2) is 26.7. The zero-order valence-electron chi connectivity index (χ0n) is 52.0. The van der Waals surface area contributed by atoms with Gasteiger partial charge in [-0.05, 0) is 193 Å². The van der Waals surface area contributed by atoms with E-state index in [1.54, 1.807) is 60.7 Å². The van der Waals surface area contributed by atoms with Gasteiger partial charge < -0.3 is 29.5 Å². The molecule has 2 saturated carbocycles. The summed E-state index contributed by atoms with van der Waals surface area (Å²) in [5.74, 6) is 0.151. The molecular weight excluding hydrogens is 1190 g/mol. The molecule has 6 aliphatic rings. The first kappa shape index (κ1) is 66.8. The summed E-state index contributed by atoms with van der Waals surface area (Å²) >= 11 is 12.8. The van der Waals surface area contributed by atoms with Crippen LogP contribution in [0.2, 0.25) is 10.0 Å². The Hall–Kier alpha value is -5.62. The maximum absolute atomic E-state index is 13.4. The van der Waals surface area contributed by atoms with Crippen LogP contribution in [0.3, 0.4) is 0 Å². The number of hydrogen-bond acceptors (Lipinski definition) is 12. The number of aliphatic hydroxyl groups excluding tert-OH is 2. The van der Waals surface area contributed by atoms with Crippen molar-refractivity contribution >= 4 is 66.4 Å².